The standard InChI is InChI=1S/C10H14ClFN2/c1-7(5-13)14-6-8-4-9(11)2-3-10(8)12/h2-4,7,14H,5-6,13H2,1H3. The molecule has 14 heavy (non-hydrogen) atoms. The Bertz CT molecular complexity index is 304. The molecule has 0 saturated heterocycles. The second kappa shape index (κ2) is 5.29. The molecule has 3 N–H and O–H groups in total. The summed E-state index contributed by atoms with van der Waals surface area (Å²) in [4.78, 5) is 0. The van der Waals surface area contributed by atoms with Gasteiger partial charge in [-0.15, -0.1) is 0 Å². The van der Waals surface area contributed by atoms with Gasteiger partial charge in [0.2, 0.25) is 0 Å². The largest absolute Gasteiger partial charge is 0.329 e. The van der Waals surface area contributed by atoms with Gasteiger partial charge >= 0.3 is 0 Å². The fourth-order valence-corrected chi connectivity index (χ4v) is 1.24. The van der Waals surface area contributed by atoms with Gasteiger partial charge in [-0.25, -0.2) is 4.39 Å². The second-order valence-corrected chi connectivity index (χ2v) is 3.69. The summed E-state index contributed by atoms with van der Waals surface area (Å²) < 4.78 is 13.2. The summed E-state index contributed by atoms with van der Waals surface area (Å²) in [6.07, 6.45) is 0. The molecule has 0 aliphatic carbocycles. The molecule has 1 rings (SSSR count). The van der Waals surface area contributed by atoms with Crippen molar-refractivity contribution in [2.24, 2.45) is 5.73 Å². The summed E-state index contributed by atoms with van der Waals surface area (Å²) in [5.41, 5.74) is 5.99. The third kappa shape index (κ3) is 3.25. The van der Waals surface area contributed by atoms with Crippen LogP contribution in [-0.2, 0) is 6.54 Å². The third-order valence-electron chi connectivity index (χ3n) is 2.00. The van der Waals surface area contributed by atoms with Crippen molar-refractivity contribution >= 4 is 11.6 Å². The number of nitrogens with one attached hydrogen (secondary N) is 1. The van der Waals surface area contributed by atoms with Crippen LogP contribution in [0.3, 0.4) is 0 Å². The Morgan fingerprint density at radius 1 is 1.57 bits per heavy atom. The average Bonchev–Trinajstić information content (AvgIpc) is 2.19. The maximum absolute atomic E-state index is 13.2. The quantitative estimate of drug-likeness (QED) is 0.807. The van der Waals surface area contributed by atoms with Crippen LogP contribution in [-0.4, -0.2) is 12.6 Å². The van der Waals surface area contributed by atoms with Crippen LogP contribution in [0.5, 0.6) is 0 Å². The summed E-state index contributed by atoms with van der Waals surface area (Å²) in [6.45, 7) is 2.93. The lowest BCUT2D eigenvalue weighted by Gasteiger charge is -2.11. The Hall–Kier alpha value is -0.640. The average molecular weight is 217 g/mol. The molecule has 1 aromatic carbocycles. The van der Waals surface area contributed by atoms with Crippen LogP contribution in [0.1, 0.15) is 12.5 Å². The van der Waals surface area contributed by atoms with Crippen molar-refractivity contribution in [3.05, 3.63) is 34.6 Å². The monoisotopic (exact) mass is 216 g/mol. The fraction of sp³-hybridized carbons (Fsp3) is 0.400. The minimum Gasteiger partial charge on any atom is -0.329 e. The van der Waals surface area contributed by atoms with Crippen LogP contribution in [0, 0.1) is 5.82 Å². The van der Waals surface area contributed by atoms with Crippen LogP contribution in [0.15, 0.2) is 18.2 Å². The van der Waals surface area contributed by atoms with Crippen LogP contribution < -0.4 is 11.1 Å². The highest BCUT2D eigenvalue weighted by atomic mass is 35.5. The number of halogens is 2. The first-order chi connectivity index (χ1) is 6.63. The van der Waals surface area contributed by atoms with E-state index in [4.69, 9.17) is 17.3 Å². The molecule has 0 aliphatic rings. The lowest BCUT2D eigenvalue weighted by atomic mass is 10.2. The molecule has 1 unspecified atom stereocenters. The summed E-state index contributed by atoms with van der Waals surface area (Å²) in [6, 6.07) is 4.69. The Balaban J connectivity index is 2.62. The fourth-order valence-electron chi connectivity index (χ4n) is 1.05. The first-order valence-electron chi connectivity index (χ1n) is 4.51. The summed E-state index contributed by atoms with van der Waals surface area (Å²) >= 11 is 5.75. The first kappa shape index (κ1) is 11.4. The highest BCUT2D eigenvalue weighted by Gasteiger charge is 2.04. The molecule has 0 saturated carbocycles. The highest BCUT2D eigenvalue weighted by Crippen LogP contribution is 2.14. The summed E-state index contributed by atoms with van der Waals surface area (Å²) in [5, 5.41) is 3.64. The molecule has 0 bridgehead atoms. The van der Waals surface area contributed by atoms with Crippen LogP contribution >= 0.6 is 11.6 Å². The van der Waals surface area contributed by atoms with Crippen molar-refractivity contribution in [3.63, 3.8) is 0 Å². The SMILES string of the molecule is CC(CN)NCc1cc(Cl)ccc1F. The van der Waals surface area contributed by atoms with E-state index in [2.05, 4.69) is 5.32 Å². The van der Waals surface area contributed by atoms with Crippen LogP contribution in [0.4, 0.5) is 4.39 Å². The molecule has 0 aromatic heterocycles. The highest BCUT2D eigenvalue weighted by molar-refractivity contribution is 6.30. The maximum Gasteiger partial charge on any atom is 0.127 e. The van der Waals surface area contributed by atoms with Crippen molar-refractivity contribution < 1.29 is 4.39 Å². The van der Waals surface area contributed by atoms with E-state index < -0.39 is 0 Å². The van der Waals surface area contributed by atoms with Gasteiger partial charge < -0.3 is 11.1 Å². The molecule has 1 atom stereocenters. The normalized spacial score (nSPS) is 12.9. The van der Waals surface area contributed by atoms with Crippen molar-refractivity contribution in [3.8, 4) is 0 Å². The minimum atomic E-state index is -0.244. The Morgan fingerprint density at radius 2 is 2.29 bits per heavy atom. The first-order valence-corrected chi connectivity index (χ1v) is 4.88. The van der Waals surface area contributed by atoms with Gasteiger partial charge in [-0.05, 0) is 25.1 Å². The van der Waals surface area contributed by atoms with Gasteiger partial charge in [0.1, 0.15) is 5.82 Å². The number of hydrogen-bond acceptors (Lipinski definition) is 2. The maximum atomic E-state index is 13.2. The second-order valence-electron chi connectivity index (χ2n) is 3.25. The van der Waals surface area contributed by atoms with E-state index in [0.29, 0.717) is 23.7 Å². The molecule has 0 heterocycles. The zero-order valence-electron chi connectivity index (χ0n) is 8.06. The Kier molecular flexibility index (Phi) is 4.32. The van der Waals surface area contributed by atoms with E-state index in [1.807, 2.05) is 6.92 Å². The predicted molar refractivity (Wildman–Crippen MR) is 56.8 cm³/mol. The summed E-state index contributed by atoms with van der Waals surface area (Å²) in [5.74, 6) is -0.244. The molecule has 78 valence electrons. The Morgan fingerprint density at radius 3 is 2.93 bits per heavy atom. The van der Waals surface area contributed by atoms with E-state index >= 15 is 0 Å². The lowest BCUT2D eigenvalue weighted by molar-refractivity contribution is 0.533. The predicted octanol–water partition coefficient (Wildman–Crippen LogP) is 1.92. The van der Waals surface area contributed by atoms with Gasteiger partial charge in [-0.2, -0.15) is 0 Å². The Labute approximate surface area is 88.2 Å². The number of rotatable bonds is 4. The van der Waals surface area contributed by atoms with Crippen molar-refractivity contribution in [2.45, 2.75) is 19.5 Å². The molecule has 2 nitrogen and oxygen atoms in total. The molecule has 1 aromatic rings. The van der Waals surface area contributed by atoms with Crippen LogP contribution in [0.2, 0.25) is 5.02 Å². The topological polar surface area (TPSA) is 38.0 Å². The van der Waals surface area contributed by atoms with E-state index in [1.165, 1.54) is 12.1 Å². The minimum absolute atomic E-state index is 0.174. The van der Waals surface area contributed by atoms with Gasteiger partial charge in [0, 0.05) is 29.7 Å². The van der Waals surface area contributed by atoms with Gasteiger partial charge in [-0.3, -0.25) is 0 Å². The van der Waals surface area contributed by atoms with Crippen molar-refractivity contribution in [1.29, 1.82) is 0 Å². The van der Waals surface area contributed by atoms with Gasteiger partial charge in [0.05, 0.1) is 0 Å². The van der Waals surface area contributed by atoms with Crippen LogP contribution in [0.25, 0.3) is 0 Å². The van der Waals surface area contributed by atoms with Crippen molar-refractivity contribution in [1.82, 2.24) is 5.32 Å². The van der Waals surface area contributed by atoms with E-state index in [9.17, 15) is 4.39 Å². The molecule has 0 amide bonds. The van der Waals surface area contributed by atoms with E-state index in [1.54, 1.807) is 6.07 Å². The molecule has 4 heteroatoms. The smallest absolute Gasteiger partial charge is 0.127 e. The zero-order chi connectivity index (χ0) is 10.6. The summed E-state index contributed by atoms with van der Waals surface area (Å²) in [7, 11) is 0. The van der Waals surface area contributed by atoms with E-state index in [-0.39, 0.29) is 11.9 Å². The van der Waals surface area contributed by atoms with Gasteiger partial charge in [-0.1, -0.05) is 11.6 Å². The van der Waals surface area contributed by atoms with E-state index in [0.717, 1.165) is 0 Å². The number of benzene rings is 1. The molecule has 0 radical (unpaired) electrons. The molecular weight excluding hydrogens is 203 g/mol. The lowest BCUT2D eigenvalue weighted by Crippen LogP contribution is -2.32. The molecular formula is C10H14ClFN2. The molecule has 0 spiro atoms. The van der Waals surface area contributed by atoms with Gasteiger partial charge in [0.15, 0.2) is 0 Å². The molecule has 0 fully saturated rings. The van der Waals surface area contributed by atoms with Crippen molar-refractivity contribution in [2.75, 3.05) is 6.54 Å². The van der Waals surface area contributed by atoms with Gasteiger partial charge in [0.25, 0.3) is 0 Å². The molecule has 0 aliphatic heterocycles. The zero-order valence-corrected chi connectivity index (χ0v) is 8.81. The number of nitrogens with two attached hydrogens (primary N) is 1. The third-order valence-corrected chi connectivity index (χ3v) is 2.24. The number of hydrogen-bond donors (Lipinski definition) is 2.